The number of benzene rings is 2. The van der Waals surface area contributed by atoms with E-state index in [1.54, 1.807) is 22.7 Å². The van der Waals surface area contributed by atoms with Crippen LogP contribution >= 0.6 is 34.5 Å². The number of aryl methyl sites for hydroxylation is 1. The van der Waals surface area contributed by atoms with Gasteiger partial charge in [-0.15, -0.1) is 10.2 Å². The normalized spacial score (nSPS) is 11.2. The number of halogens is 2. The molecule has 0 unspecified atom stereocenters. The molecule has 0 aliphatic carbocycles. The van der Waals surface area contributed by atoms with Crippen molar-refractivity contribution in [3.8, 4) is 17.1 Å². The Morgan fingerprint density at radius 3 is 2.76 bits per heavy atom. The molecule has 2 aromatic carbocycles. The average molecular weight is 391 g/mol. The third-order valence-electron chi connectivity index (χ3n) is 3.66. The van der Waals surface area contributed by atoms with Crippen molar-refractivity contribution in [1.29, 1.82) is 0 Å². The summed E-state index contributed by atoms with van der Waals surface area (Å²) in [5.41, 5.74) is 2.13. The maximum absolute atomic E-state index is 6.12. The highest BCUT2D eigenvalue weighted by Crippen LogP contribution is 2.29. The van der Waals surface area contributed by atoms with Gasteiger partial charge in [-0.1, -0.05) is 58.8 Å². The van der Waals surface area contributed by atoms with Crippen LogP contribution in [0.1, 0.15) is 10.6 Å². The van der Waals surface area contributed by atoms with E-state index in [9.17, 15) is 0 Å². The third-order valence-corrected chi connectivity index (χ3v) is 5.07. The summed E-state index contributed by atoms with van der Waals surface area (Å²) in [6.07, 6.45) is 0. The molecule has 4 rings (SSSR count). The second-order valence-electron chi connectivity index (χ2n) is 5.39. The minimum absolute atomic E-state index is 0.294. The quantitative estimate of drug-likeness (QED) is 0.489. The lowest BCUT2D eigenvalue weighted by Gasteiger charge is -2.06. The molecular formula is C17H12Cl2N4OS. The summed E-state index contributed by atoms with van der Waals surface area (Å²) in [4.78, 5) is 0.721. The fourth-order valence-electron chi connectivity index (χ4n) is 2.44. The summed E-state index contributed by atoms with van der Waals surface area (Å²) >= 11 is 13.4. The predicted molar refractivity (Wildman–Crippen MR) is 99.6 cm³/mol. The van der Waals surface area contributed by atoms with Gasteiger partial charge in [0.1, 0.15) is 12.4 Å². The second-order valence-corrected chi connectivity index (χ2v) is 7.28. The summed E-state index contributed by atoms with van der Waals surface area (Å²) in [5, 5.41) is 14.9. The molecule has 0 saturated carbocycles. The van der Waals surface area contributed by atoms with E-state index in [0.29, 0.717) is 22.4 Å². The van der Waals surface area contributed by atoms with Crippen molar-refractivity contribution in [3.05, 3.63) is 63.1 Å². The molecule has 126 valence electrons. The molecule has 0 aliphatic rings. The standard InChI is InChI=1S/C17H12Cl2N4OS/c1-10-4-2-3-5-12(10)16-20-21-17-23(16)22-15(25-17)9-24-14-7-6-11(18)8-13(14)19/h2-8H,9H2,1H3. The molecule has 0 radical (unpaired) electrons. The fourth-order valence-corrected chi connectivity index (χ4v) is 3.65. The number of nitrogens with zero attached hydrogens (tertiary/aromatic N) is 4. The summed E-state index contributed by atoms with van der Waals surface area (Å²) in [6, 6.07) is 13.1. The monoisotopic (exact) mass is 390 g/mol. The van der Waals surface area contributed by atoms with Gasteiger partial charge in [-0.05, 0) is 30.7 Å². The number of hydrogen-bond acceptors (Lipinski definition) is 5. The SMILES string of the molecule is Cc1ccccc1-c1nnc2sc(COc3ccc(Cl)cc3Cl)nn12. The summed E-state index contributed by atoms with van der Waals surface area (Å²) in [7, 11) is 0. The second kappa shape index (κ2) is 6.63. The fraction of sp³-hybridized carbons (Fsp3) is 0.118. The molecule has 8 heteroatoms. The smallest absolute Gasteiger partial charge is 0.235 e. The number of aromatic nitrogens is 4. The van der Waals surface area contributed by atoms with E-state index < -0.39 is 0 Å². The van der Waals surface area contributed by atoms with Crippen LogP contribution in [-0.2, 0) is 6.61 Å². The van der Waals surface area contributed by atoms with E-state index in [2.05, 4.69) is 15.3 Å². The lowest BCUT2D eigenvalue weighted by molar-refractivity contribution is 0.304. The van der Waals surface area contributed by atoms with Crippen molar-refractivity contribution < 1.29 is 4.74 Å². The lowest BCUT2D eigenvalue weighted by Crippen LogP contribution is -1.98. The predicted octanol–water partition coefficient (Wildman–Crippen LogP) is 5.05. The van der Waals surface area contributed by atoms with E-state index in [1.807, 2.05) is 31.2 Å². The highest BCUT2D eigenvalue weighted by atomic mass is 35.5. The van der Waals surface area contributed by atoms with Crippen molar-refractivity contribution >= 4 is 39.5 Å². The molecule has 0 N–H and O–H groups in total. The Hall–Kier alpha value is -2.15. The van der Waals surface area contributed by atoms with Gasteiger partial charge >= 0.3 is 0 Å². The zero-order valence-corrected chi connectivity index (χ0v) is 15.4. The maximum atomic E-state index is 6.12. The van der Waals surface area contributed by atoms with Crippen LogP contribution in [0.25, 0.3) is 16.3 Å². The first-order valence-electron chi connectivity index (χ1n) is 7.47. The van der Waals surface area contributed by atoms with Crippen LogP contribution in [0.2, 0.25) is 10.0 Å². The molecule has 0 amide bonds. The zero-order chi connectivity index (χ0) is 17.4. The molecule has 0 atom stereocenters. The summed E-state index contributed by atoms with van der Waals surface area (Å²) in [5.74, 6) is 1.29. The first kappa shape index (κ1) is 16.3. The van der Waals surface area contributed by atoms with Crippen molar-refractivity contribution in [2.75, 3.05) is 0 Å². The highest BCUT2D eigenvalue weighted by molar-refractivity contribution is 7.16. The van der Waals surface area contributed by atoms with Crippen LogP contribution in [0, 0.1) is 6.92 Å². The van der Waals surface area contributed by atoms with E-state index in [-0.39, 0.29) is 0 Å². The molecule has 25 heavy (non-hydrogen) atoms. The Balaban J connectivity index is 1.61. The number of ether oxygens (including phenoxy) is 1. The molecule has 5 nitrogen and oxygen atoms in total. The van der Waals surface area contributed by atoms with Gasteiger partial charge in [-0.2, -0.15) is 9.61 Å². The molecule has 0 aliphatic heterocycles. The van der Waals surface area contributed by atoms with Gasteiger partial charge in [-0.3, -0.25) is 0 Å². The Bertz CT molecular complexity index is 1060. The van der Waals surface area contributed by atoms with Gasteiger partial charge < -0.3 is 4.74 Å². The van der Waals surface area contributed by atoms with Crippen LogP contribution in [-0.4, -0.2) is 19.8 Å². The molecule has 0 spiro atoms. The van der Waals surface area contributed by atoms with Crippen molar-refractivity contribution in [1.82, 2.24) is 19.8 Å². The zero-order valence-electron chi connectivity index (χ0n) is 13.1. The first-order valence-corrected chi connectivity index (χ1v) is 9.04. The van der Waals surface area contributed by atoms with Crippen LogP contribution in [0.4, 0.5) is 0 Å². The first-order chi connectivity index (χ1) is 12.1. The average Bonchev–Trinajstić information content (AvgIpc) is 3.15. The molecule has 4 aromatic rings. The van der Waals surface area contributed by atoms with Crippen LogP contribution in [0.3, 0.4) is 0 Å². The molecule has 0 bridgehead atoms. The molecule has 0 fully saturated rings. The number of fused-ring (bicyclic) bond motifs is 1. The van der Waals surface area contributed by atoms with Gasteiger partial charge in [0.2, 0.25) is 4.96 Å². The Kier molecular flexibility index (Phi) is 4.33. The molecular weight excluding hydrogens is 379 g/mol. The molecule has 2 aromatic heterocycles. The van der Waals surface area contributed by atoms with Crippen molar-refractivity contribution in [3.63, 3.8) is 0 Å². The Labute approximate surface area is 157 Å². The van der Waals surface area contributed by atoms with Gasteiger partial charge in [0.25, 0.3) is 0 Å². The van der Waals surface area contributed by atoms with Gasteiger partial charge in [0, 0.05) is 10.6 Å². The highest BCUT2D eigenvalue weighted by Gasteiger charge is 2.15. The van der Waals surface area contributed by atoms with E-state index >= 15 is 0 Å². The largest absolute Gasteiger partial charge is 0.485 e. The van der Waals surface area contributed by atoms with Gasteiger partial charge in [0.15, 0.2) is 10.8 Å². The van der Waals surface area contributed by atoms with E-state index in [0.717, 1.165) is 26.9 Å². The van der Waals surface area contributed by atoms with Crippen LogP contribution < -0.4 is 4.74 Å². The number of hydrogen-bond donors (Lipinski definition) is 0. The maximum Gasteiger partial charge on any atom is 0.235 e. The third kappa shape index (κ3) is 3.20. The molecule has 0 saturated heterocycles. The Morgan fingerprint density at radius 2 is 1.96 bits per heavy atom. The Morgan fingerprint density at radius 1 is 1.12 bits per heavy atom. The number of rotatable bonds is 4. The van der Waals surface area contributed by atoms with E-state index in [4.69, 9.17) is 27.9 Å². The van der Waals surface area contributed by atoms with Crippen molar-refractivity contribution in [2.45, 2.75) is 13.5 Å². The van der Waals surface area contributed by atoms with E-state index in [1.165, 1.54) is 11.3 Å². The van der Waals surface area contributed by atoms with Gasteiger partial charge in [0.05, 0.1) is 5.02 Å². The minimum atomic E-state index is 0.294. The van der Waals surface area contributed by atoms with Crippen molar-refractivity contribution in [2.24, 2.45) is 0 Å². The summed E-state index contributed by atoms with van der Waals surface area (Å²) in [6.45, 7) is 2.33. The minimum Gasteiger partial charge on any atom is -0.485 e. The van der Waals surface area contributed by atoms with Gasteiger partial charge in [-0.25, -0.2) is 0 Å². The van der Waals surface area contributed by atoms with Crippen LogP contribution in [0.5, 0.6) is 5.75 Å². The van der Waals surface area contributed by atoms with Crippen LogP contribution in [0.15, 0.2) is 42.5 Å². The molecule has 2 heterocycles. The topological polar surface area (TPSA) is 52.3 Å². The summed E-state index contributed by atoms with van der Waals surface area (Å²) < 4.78 is 7.49. The lowest BCUT2D eigenvalue weighted by atomic mass is 10.1.